The first-order valence-corrected chi connectivity index (χ1v) is 5.30. The van der Waals surface area contributed by atoms with Gasteiger partial charge in [-0.3, -0.25) is 0 Å². The van der Waals surface area contributed by atoms with Gasteiger partial charge in [0, 0.05) is 23.5 Å². The Labute approximate surface area is 71.6 Å². The Hall–Kier alpha value is 0.270. The molecular formula is C8H14O2S. The maximum atomic E-state index is 5.53. The molecule has 0 bridgehead atoms. The first-order valence-electron chi connectivity index (χ1n) is 4.15. The largest absolute Gasteiger partial charge is 0.381 e. The van der Waals surface area contributed by atoms with Crippen LogP contribution < -0.4 is 0 Å². The fourth-order valence-electron chi connectivity index (χ4n) is 1.61. The summed E-state index contributed by atoms with van der Waals surface area (Å²) in [6.07, 6.45) is 1.19. The summed E-state index contributed by atoms with van der Waals surface area (Å²) in [5, 5.41) is 0. The second-order valence-electron chi connectivity index (χ2n) is 3.41. The van der Waals surface area contributed by atoms with Crippen molar-refractivity contribution in [1.82, 2.24) is 0 Å². The van der Waals surface area contributed by atoms with Gasteiger partial charge in [-0.15, -0.1) is 0 Å². The summed E-state index contributed by atoms with van der Waals surface area (Å²) in [6.45, 7) is 3.69. The number of ether oxygens (including phenoxy) is 2. The molecular weight excluding hydrogens is 160 g/mol. The van der Waals surface area contributed by atoms with Crippen LogP contribution >= 0.6 is 11.8 Å². The van der Waals surface area contributed by atoms with Crippen molar-refractivity contribution in [3.63, 3.8) is 0 Å². The Morgan fingerprint density at radius 2 is 1.91 bits per heavy atom. The highest BCUT2D eigenvalue weighted by molar-refractivity contribution is 7.99. The smallest absolute Gasteiger partial charge is 0.0557 e. The lowest BCUT2D eigenvalue weighted by atomic mass is 9.91. The van der Waals surface area contributed by atoms with Crippen molar-refractivity contribution >= 4 is 11.8 Å². The second kappa shape index (κ2) is 3.33. The standard InChI is InChI=1S/C8H14O2S/c1-2-9-5-8(1)6-10-3-4-11-7-8/h1-7H2. The van der Waals surface area contributed by atoms with E-state index in [-0.39, 0.29) is 0 Å². The molecule has 3 heteroatoms. The van der Waals surface area contributed by atoms with Crippen LogP contribution in [0.4, 0.5) is 0 Å². The van der Waals surface area contributed by atoms with Crippen molar-refractivity contribution in [2.45, 2.75) is 6.42 Å². The molecule has 0 aromatic heterocycles. The van der Waals surface area contributed by atoms with Crippen LogP contribution in [-0.4, -0.2) is 37.9 Å². The van der Waals surface area contributed by atoms with Gasteiger partial charge in [-0.1, -0.05) is 0 Å². The fourth-order valence-corrected chi connectivity index (χ4v) is 2.74. The molecule has 0 aromatic rings. The minimum Gasteiger partial charge on any atom is -0.381 e. The molecule has 0 aliphatic carbocycles. The van der Waals surface area contributed by atoms with Gasteiger partial charge in [0.2, 0.25) is 0 Å². The molecule has 1 unspecified atom stereocenters. The lowest BCUT2D eigenvalue weighted by Crippen LogP contribution is -2.28. The zero-order chi connectivity index (χ0) is 7.57. The Kier molecular flexibility index (Phi) is 2.39. The summed E-state index contributed by atoms with van der Waals surface area (Å²) in [7, 11) is 0. The normalized spacial score (nSPS) is 39.3. The predicted octanol–water partition coefficient (Wildman–Crippen LogP) is 1.16. The van der Waals surface area contributed by atoms with Gasteiger partial charge in [0.15, 0.2) is 0 Å². The molecule has 1 atom stereocenters. The van der Waals surface area contributed by atoms with E-state index in [1.807, 2.05) is 11.8 Å². The zero-order valence-electron chi connectivity index (χ0n) is 6.67. The van der Waals surface area contributed by atoms with Gasteiger partial charge in [-0.05, 0) is 6.42 Å². The van der Waals surface area contributed by atoms with E-state index in [4.69, 9.17) is 9.47 Å². The number of hydrogen-bond donors (Lipinski definition) is 0. The van der Waals surface area contributed by atoms with Crippen LogP contribution in [0.25, 0.3) is 0 Å². The van der Waals surface area contributed by atoms with Crippen LogP contribution in [0.1, 0.15) is 6.42 Å². The third-order valence-electron chi connectivity index (χ3n) is 2.37. The lowest BCUT2D eigenvalue weighted by molar-refractivity contribution is 0.0586. The minimum absolute atomic E-state index is 0.376. The maximum absolute atomic E-state index is 5.53. The molecule has 2 nitrogen and oxygen atoms in total. The van der Waals surface area contributed by atoms with Crippen LogP contribution in [-0.2, 0) is 9.47 Å². The Morgan fingerprint density at radius 3 is 2.64 bits per heavy atom. The molecule has 64 valence electrons. The van der Waals surface area contributed by atoms with Crippen molar-refractivity contribution in [2.75, 3.05) is 37.9 Å². The van der Waals surface area contributed by atoms with Crippen LogP contribution in [0.3, 0.4) is 0 Å². The molecule has 0 N–H and O–H groups in total. The molecule has 0 saturated carbocycles. The average molecular weight is 174 g/mol. The Balaban J connectivity index is 1.97. The summed E-state index contributed by atoms with van der Waals surface area (Å²) in [5.41, 5.74) is 0.376. The van der Waals surface area contributed by atoms with E-state index in [2.05, 4.69) is 0 Å². The van der Waals surface area contributed by atoms with Gasteiger partial charge >= 0.3 is 0 Å². The molecule has 2 aliphatic heterocycles. The van der Waals surface area contributed by atoms with Gasteiger partial charge in [0.05, 0.1) is 19.8 Å². The predicted molar refractivity (Wildman–Crippen MR) is 46.0 cm³/mol. The van der Waals surface area contributed by atoms with Crippen LogP contribution in [0.5, 0.6) is 0 Å². The van der Waals surface area contributed by atoms with Crippen LogP contribution in [0.15, 0.2) is 0 Å². The van der Waals surface area contributed by atoms with Crippen LogP contribution in [0, 0.1) is 5.41 Å². The maximum Gasteiger partial charge on any atom is 0.0557 e. The van der Waals surface area contributed by atoms with E-state index in [1.165, 1.54) is 12.2 Å². The molecule has 2 aliphatic rings. The van der Waals surface area contributed by atoms with E-state index in [9.17, 15) is 0 Å². The summed E-state index contributed by atoms with van der Waals surface area (Å²) in [6, 6.07) is 0. The van der Waals surface area contributed by atoms with Crippen molar-refractivity contribution in [3.8, 4) is 0 Å². The molecule has 1 spiro atoms. The zero-order valence-corrected chi connectivity index (χ0v) is 7.49. The monoisotopic (exact) mass is 174 g/mol. The third-order valence-corrected chi connectivity index (χ3v) is 3.65. The van der Waals surface area contributed by atoms with Gasteiger partial charge in [-0.25, -0.2) is 0 Å². The van der Waals surface area contributed by atoms with E-state index >= 15 is 0 Å². The molecule has 2 rings (SSSR count). The number of rotatable bonds is 0. The van der Waals surface area contributed by atoms with E-state index in [0.717, 1.165) is 32.2 Å². The second-order valence-corrected chi connectivity index (χ2v) is 4.51. The van der Waals surface area contributed by atoms with E-state index in [0.29, 0.717) is 5.41 Å². The first-order chi connectivity index (χ1) is 5.41. The molecule has 0 radical (unpaired) electrons. The molecule has 2 heterocycles. The Morgan fingerprint density at radius 1 is 1.09 bits per heavy atom. The Bertz CT molecular complexity index is 122. The third kappa shape index (κ3) is 1.71. The highest BCUT2D eigenvalue weighted by atomic mass is 32.2. The van der Waals surface area contributed by atoms with Crippen LogP contribution in [0.2, 0.25) is 0 Å². The van der Waals surface area contributed by atoms with Crippen molar-refractivity contribution < 1.29 is 9.47 Å². The summed E-state index contributed by atoms with van der Waals surface area (Å²) in [4.78, 5) is 0. The van der Waals surface area contributed by atoms with Crippen molar-refractivity contribution in [2.24, 2.45) is 5.41 Å². The van der Waals surface area contributed by atoms with E-state index in [1.54, 1.807) is 0 Å². The number of hydrogen-bond acceptors (Lipinski definition) is 3. The average Bonchev–Trinajstić information content (AvgIpc) is 2.32. The highest BCUT2D eigenvalue weighted by Gasteiger charge is 2.36. The molecule has 2 fully saturated rings. The van der Waals surface area contributed by atoms with Gasteiger partial charge in [-0.2, -0.15) is 11.8 Å². The first kappa shape index (κ1) is 7.90. The number of thioether (sulfide) groups is 1. The summed E-state index contributed by atoms with van der Waals surface area (Å²) < 4.78 is 10.9. The molecule has 11 heavy (non-hydrogen) atoms. The lowest BCUT2D eigenvalue weighted by Gasteiger charge is -2.23. The van der Waals surface area contributed by atoms with Gasteiger partial charge in [0.25, 0.3) is 0 Å². The summed E-state index contributed by atoms with van der Waals surface area (Å²) in [5.74, 6) is 2.38. The SMILES string of the molecule is C1CSCC2(CCOC2)CO1. The molecule has 0 amide bonds. The quantitative estimate of drug-likeness (QED) is 0.549. The topological polar surface area (TPSA) is 18.5 Å². The highest BCUT2D eigenvalue weighted by Crippen LogP contribution is 2.34. The van der Waals surface area contributed by atoms with Crippen molar-refractivity contribution in [3.05, 3.63) is 0 Å². The van der Waals surface area contributed by atoms with E-state index < -0.39 is 0 Å². The van der Waals surface area contributed by atoms with Gasteiger partial charge in [0.1, 0.15) is 0 Å². The molecule has 2 saturated heterocycles. The molecule has 0 aromatic carbocycles. The fraction of sp³-hybridized carbons (Fsp3) is 1.00. The minimum atomic E-state index is 0.376. The van der Waals surface area contributed by atoms with Gasteiger partial charge < -0.3 is 9.47 Å². The van der Waals surface area contributed by atoms with Crippen molar-refractivity contribution in [1.29, 1.82) is 0 Å². The summed E-state index contributed by atoms with van der Waals surface area (Å²) >= 11 is 2.01.